The number of para-hydroxylation sites is 1. The van der Waals surface area contributed by atoms with Crippen LogP contribution in [0.5, 0.6) is 0 Å². The summed E-state index contributed by atoms with van der Waals surface area (Å²) in [7, 11) is 0. The van der Waals surface area contributed by atoms with E-state index < -0.39 is 11.9 Å². The molecule has 2 heterocycles. The van der Waals surface area contributed by atoms with Gasteiger partial charge in [0, 0.05) is 0 Å². The van der Waals surface area contributed by atoms with Gasteiger partial charge in [0.15, 0.2) is 11.6 Å². The van der Waals surface area contributed by atoms with Gasteiger partial charge in [-0.3, -0.25) is 4.79 Å². The number of esters is 1. The van der Waals surface area contributed by atoms with E-state index in [1.54, 1.807) is 26.0 Å². The number of nitrogens with zero attached hydrogens (tertiary/aromatic N) is 2. The zero-order valence-corrected chi connectivity index (χ0v) is 13.9. The Bertz CT molecular complexity index is 896. The number of amides is 1. The SMILES string of the molecule is CCOC(=O)c1cnn(-c2ccccc2)c1NC(=O)c1ccc(C)o1. The van der Waals surface area contributed by atoms with E-state index in [1.165, 1.54) is 10.9 Å². The molecule has 2 aromatic heterocycles. The molecule has 0 bridgehead atoms. The highest BCUT2D eigenvalue weighted by atomic mass is 16.5. The number of nitrogens with one attached hydrogen (secondary N) is 1. The largest absolute Gasteiger partial charge is 0.462 e. The van der Waals surface area contributed by atoms with Crippen molar-refractivity contribution in [1.29, 1.82) is 0 Å². The maximum absolute atomic E-state index is 12.4. The van der Waals surface area contributed by atoms with E-state index in [4.69, 9.17) is 9.15 Å². The lowest BCUT2D eigenvalue weighted by Crippen LogP contribution is -2.17. The molecule has 0 aliphatic carbocycles. The molecule has 1 N–H and O–H groups in total. The molecule has 0 fully saturated rings. The Morgan fingerprint density at radius 2 is 1.96 bits per heavy atom. The van der Waals surface area contributed by atoms with Crippen LogP contribution in [0.4, 0.5) is 5.82 Å². The lowest BCUT2D eigenvalue weighted by atomic mass is 10.3. The molecule has 3 rings (SSSR count). The van der Waals surface area contributed by atoms with Gasteiger partial charge in [-0.25, -0.2) is 9.48 Å². The number of rotatable bonds is 5. The maximum Gasteiger partial charge on any atom is 0.343 e. The van der Waals surface area contributed by atoms with Crippen molar-refractivity contribution < 1.29 is 18.7 Å². The van der Waals surface area contributed by atoms with Crippen LogP contribution in [0, 0.1) is 6.92 Å². The number of hydrogen-bond acceptors (Lipinski definition) is 5. The van der Waals surface area contributed by atoms with Gasteiger partial charge in [0.2, 0.25) is 0 Å². The highest BCUT2D eigenvalue weighted by Gasteiger charge is 2.22. The Hall–Kier alpha value is -3.35. The fourth-order valence-electron chi connectivity index (χ4n) is 2.32. The van der Waals surface area contributed by atoms with Gasteiger partial charge in [0.25, 0.3) is 5.91 Å². The van der Waals surface area contributed by atoms with Crippen molar-refractivity contribution in [1.82, 2.24) is 9.78 Å². The number of anilines is 1. The molecule has 0 aliphatic rings. The third-order valence-corrected chi connectivity index (χ3v) is 3.46. The molecular formula is C18H17N3O4. The van der Waals surface area contributed by atoms with E-state index in [1.807, 2.05) is 30.3 Å². The van der Waals surface area contributed by atoms with E-state index in [0.717, 1.165) is 0 Å². The van der Waals surface area contributed by atoms with Gasteiger partial charge in [-0.05, 0) is 38.1 Å². The topological polar surface area (TPSA) is 86.4 Å². The molecule has 7 nitrogen and oxygen atoms in total. The third-order valence-electron chi connectivity index (χ3n) is 3.46. The van der Waals surface area contributed by atoms with Crippen LogP contribution in [0.15, 0.2) is 53.1 Å². The smallest absolute Gasteiger partial charge is 0.343 e. The van der Waals surface area contributed by atoms with Gasteiger partial charge < -0.3 is 14.5 Å². The lowest BCUT2D eigenvalue weighted by Gasteiger charge is -2.10. The van der Waals surface area contributed by atoms with Crippen LogP contribution < -0.4 is 5.32 Å². The first-order valence-corrected chi connectivity index (χ1v) is 7.78. The number of hydrogen-bond donors (Lipinski definition) is 1. The molecule has 0 atom stereocenters. The Balaban J connectivity index is 2.00. The molecule has 0 saturated heterocycles. The number of carbonyl (C=O) groups excluding carboxylic acids is 2. The first-order valence-electron chi connectivity index (χ1n) is 7.78. The predicted octanol–water partition coefficient (Wildman–Crippen LogP) is 3.20. The number of benzene rings is 1. The normalized spacial score (nSPS) is 10.5. The Morgan fingerprint density at radius 1 is 1.20 bits per heavy atom. The summed E-state index contributed by atoms with van der Waals surface area (Å²) in [5.74, 6) is -0.0453. The van der Waals surface area contributed by atoms with Crippen LogP contribution in [-0.4, -0.2) is 28.3 Å². The first-order chi connectivity index (χ1) is 12.1. The maximum atomic E-state index is 12.4. The number of aryl methyl sites for hydroxylation is 1. The zero-order chi connectivity index (χ0) is 17.8. The molecule has 1 amide bonds. The van der Waals surface area contributed by atoms with Crippen LogP contribution in [0.1, 0.15) is 33.6 Å². The van der Waals surface area contributed by atoms with Gasteiger partial charge in [-0.15, -0.1) is 0 Å². The van der Waals surface area contributed by atoms with Crippen molar-refractivity contribution >= 4 is 17.7 Å². The molecule has 7 heteroatoms. The minimum Gasteiger partial charge on any atom is -0.462 e. The summed E-state index contributed by atoms with van der Waals surface area (Å²) >= 11 is 0. The minimum atomic E-state index is -0.560. The van der Waals surface area contributed by atoms with E-state index in [2.05, 4.69) is 10.4 Å². The van der Waals surface area contributed by atoms with E-state index >= 15 is 0 Å². The number of carbonyl (C=O) groups is 2. The van der Waals surface area contributed by atoms with Crippen LogP contribution in [0.2, 0.25) is 0 Å². The summed E-state index contributed by atoms with van der Waals surface area (Å²) in [6.07, 6.45) is 1.37. The molecular weight excluding hydrogens is 322 g/mol. The molecule has 0 radical (unpaired) electrons. The Kier molecular flexibility index (Phi) is 4.65. The molecule has 0 aliphatic heterocycles. The molecule has 25 heavy (non-hydrogen) atoms. The predicted molar refractivity (Wildman–Crippen MR) is 90.9 cm³/mol. The van der Waals surface area contributed by atoms with Gasteiger partial charge in [0.05, 0.1) is 18.5 Å². The zero-order valence-electron chi connectivity index (χ0n) is 13.9. The summed E-state index contributed by atoms with van der Waals surface area (Å²) in [6.45, 7) is 3.68. The summed E-state index contributed by atoms with van der Waals surface area (Å²) in [4.78, 5) is 24.6. The molecule has 0 spiro atoms. The highest BCUT2D eigenvalue weighted by molar-refractivity contribution is 6.06. The van der Waals surface area contributed by atoms with Gasteiger partial charge >= 0.3 is 5.97 Å². The molecule has 3 aromatic rings. The number of furan rings is 1. The number of ether oxygens (including phenoxy) is 1. The lowest BCUT2D eigenvalue weighted by molar-refractivity contribution is 0.0527. The molecule has 1 aromatic carbocycles. The molecule has 0 saturated carbocycles. The standard InChI is InChI=1S/C18H17N3O4/c1-3-24-18(23)14-11-19-21(13-7-5-4-6-8-13)16(14)20-17(22)15-10-9-12(2)25-15/h4-11H,3H2,1-2H3,(H,20,22). The van der Waals surface area contributed by atoms with Crippen molar-refractivity contribution in [2.24, 2.45) is 0 Å². The average molecular weight is 339 g/mol. The number of aromatic nitrogens is 2. The van der Waals surface area contributed by atoms with Gasteiger partial charge in [-0.1, -0.05) is 18.2 Å². The fourth-order valence-corrected chi connectivity index (χ4v) is 2.32. The second kappa shape index (κ2) is 7.04. The van der Waals surface area contributed by atoms with Crippen LogP contribution in [-0.2, 0) is 4.74 Å². The molecule has 0 unspecified atom stereocenters. The first kappa shape index (κ1) is 16.5. The van der Waals surface area contributed by atoms with Gasteiger partial charge in [0.1, 0.15) is 11.3 Å². The van der Waals surface area contributed by atoms with E-state index in [-0.39, 0.29) is 23.7 Å². The van der Waals surface area contributed by atoms with E-state index in [0.29, 0.717) is 11.4 Å². The summed E-state index contributed by atoms with van der Waals surface area (Å²) in [6, 6.07) is 12.4. The monoisotopic (exact) mass is 339 g/mol. The second-order valence-electron chi connectivity index (χ2n) is 5.24. The van der Waals surface area contributed by atoms with Crippen molar-refractivity contribution in [3.63, 3.8) is 0 Å². The van der Waals surface area contributed by atoms with Crippen molar-refractivity contribution in [2.75, 3.05) is 11.9 Å². The van der Waals surface area contributed by atoms with Crippen molar-refractivity contribution in [3.05, 3.63) is 65.7 Å². The van der Waals surface area contributed by atoms with E-state index in [9.17, 15) is 9.59 Å². The highest BCUT2D eigenvalue weighted by Crippen LogP contribution is 2.22. The molecule has 128 valence electrons. The van der Waals surface area contributed by atoms with Gasteiger partial charge in [-0.2, -0.15) is 5.10 Å². The minimum absolute atomic E-state index is 0.146. The second-order valence-corrected chi connectivity index (χ2v) is 5.24. The summed E-state index contributed by atoms with van der Waals surface area (Å²) in [5, 5.41) is 6.91. The average Bonchev–Trinajstić information content (AvgIpc) is 3.22. The third kappa shape index (κ3) is 3.45. The van der Waals surface area contributed by atoms with Crippen molar-refractivity contribution in [2.45, 2.75) is 13.8 Å². The van der Waals surface area contributed by atoms with Crippen LogP contribution >= 0.6 is 0 Å². The summed E-state index contributed by atoms with van der Waals surface area (Å²) < 4.78 is 11.8. The van der Waals surface area contributed by atoms with Crippen LogP contribution in [0.25, 0.3) is 5.69 Å². The summed E-state index contributed by atoms with van der Waals surface area (Å²) in [5.41, 5.74) is 0.867. The Labute approximate surface area is 144 Å². The Morgan fingerprint density at radius 3 is 2.60 bits per heavy atom. The van der Waals surface area contributed by atoms with Crippen LogP contribution in [0.3, 0.4) is 0 Å². The quantitative estimate of drug-likeness (QED) is 0.721. The van der Waals surface area contributed by atoms with Crippen molar-refractivity contribution in [3.8, 4) is 5.69 Å². The fraction of sp³-hybridized carbons (Fsp3) is 0.167.